The Morgan fingerprint density at radius 2 is 1.80 bits per heavy atom. The quantitative estimate of drug-likeness (QED) is 0.656. The third-order valence-corrected chi connectivity index (χ3v) is 6.28. The predicted octanol–water partition coefficient (Wildman–Crippen LogP) is 2.69. The molecule has 2 aromatic rings. The monoisotopic (exact) mass is 434 g/mol. The molecule has 3 rings (SSSR count). The number of hydrogen-bond donors (Lipinski definition) is 1. The van der Waals surface area contributed by atoms with Gasteiger partial charge in [-0.2, -0.15) is 0 Å². The molecule has 0 amide bonds. The Labute approximate surface area is 178 Å². The maximum atomic E-state index is 12.4. The smallest absolute Gasteiger partial charge is 0.251 e. The Kier molecular flexibility index (Phi) is 7.69. The van der Waals surface area contributed by atoms with Crippen LogP contribution in [0.1, 0.15) is 43.2 Å². The lowest BCUT2D eigenvalue weighted by atomic mass is 9.83. The molecular weight excluding hydrogens is 404 g/mol. The van der Waals surface area contributed by atoms with Crippen LogP contribution in [0.25, 0.3) is 0 Å². The highest BCUT2D eigenvalue weighted by atomic mass is 32.2. The van der Waals surface area contributed by atoms with E-state index in [0.29, 0.717) is 11.7 Å². The van der Waals surface area contributed by atoms with E-state index >= 15 is 0 Å². The zero-order valence-corrected chi connectivity index (χ0v) is 18.3. The number of nitrogens with zero attached hydrogens (tertiary/aromatic N) is 1. The fraction of sp³-hybridized carbons (Fsp3) is 0.500. The van der Waals surface area contributed by atoms with Crippen molar-refractivity contribution in [2.45, 2.75) is 43.7 Å². The summed E-state index contributed by atoms with van der Waals surface area (Å²) in [5.74, 6) is 1.08. The first-order valence-corrected chi connectivity index (χ1v) is 12.1. The number of benzene rings is 1. The maximum Gasteiger partial charge on any atom is 0.251 e. The number of methoxy groups -OCH3 is 1. The van der Waals surface area contributed by atoms with E-state index in [1.54, 1.807) is 12.3 Å². The number of rotatable bonds is 9. The van der Waals surface area contributed by atoms with Gasteiger partial charge in [-0.05, 0) is 43.2 Å². The van der Waals surface area contributed by atoms with Gasteiger partial charge in [0.25, 0.3) is 5.56 Å². The van der Waals surface area contributed by atoms with E-state index in [1.165, 1.54) is 23.3 Å². The molecule has 1 aromatic carbocycles. The standard InChI is InChI=1S/C22H30N2O5S/c1-28-21-12-13-22(25)24(15-21)19(14-23-30(2,26)27)16-29-20-10-8-18(9-11-20)17-6-4-3-5-7-17/h3-7,12-13,15,18-20,23H,8-11,14,16H2,1-2H3/t18-,19?,20+. The van der Waals surface area contributed by atoms with Crippen LogP contribution in [0.5, 0.6) is 5.75 Å². The molecule has 1 atom stereocenters. The number of sulfonamides is 1. The molecule has 0 radical (unpaired) electrons. The molecule has 0 aliphatic heterocycles. The first-order chi connectivity index (χ1) is 14.4. The van der Waals surface area contributed by atoms with Crippen molar-refractivity contribution in [1.82, 2.24) is 9.29 Å². The second-order valence-corrected chi connectivity index (χ2v) is 9.64. The summed E-state index contributed by atoms with van der Waals surface area (Å²) < 4.78 is 38.5. The normalized spacial score (nSPS) is 20.6. The lowest BCUT2D eigenvalue weighted by Crippen LogP contribution is -2.37. The first-order valence-electron chi connectivity index (χ1n) is 10.2. The third kappa shape index (κ3) is 6.42. The van der Waals surface area contributed by atoms with Crippen LogP contribution in [0.2, 0.25) is 0 Å². The van der Waals surface area contributed by atoms with Crippen molar-refractivity contribution in [2.75, 3.05) is 26.5 Å². The van der Waals surface area contributed by atoms with E-state index in [2.05, 4.69) is 29.0 Å². The summed E-state index contributed by atoms with van der Waals surface area (Å²) in [6.45, 7) is 0.321. The minimum Gasteiger partial charge on any atom is -0.495 e. The molecule has 1 aliphatic carbocycles. The van der Waals surface area contributed by atoms with Gasteiger partial charge in [0.1, 0.15) is 5.75 Å². The molecule has 164 valence electrons. The van der Waals surface area contributed by atoms with E-state index < -0.39 is 16.1 Å². The van der Waals surface area contributed by atoms with Gasteiger partial charge in [-0.25, -0.2) is 13.1 Å². The molecule has 0 saturated heterocycles. The van der Waals surface area contributed by atoms with Crippen molar-refractivity contribution >= 4 is 10.0 Å². The lowest BCUT2D eigenvalue weighted by molar-refractivity contribution is 0.00729. The summed E-state index contributed by atoms with van der Waals surface area (Å²) in [5.41, 5.74) is 1.14. The number of pyridine rings is 1. The van der Waals surface area contributed by atoms with Gasteiger partial charge in [0.15, 0.2) is 0 Å². The van der Waals surface area contributed by atoms with Crippen molar-refractivity contribution < 1.29 is 17.9 Å². The predicted molar refractivity (Wildman–Crippen MR) is 117 cm³/mol. The van der Waals surface area contributed by atoms with Crippen LogP contribution in [0.4, 0.5) is 0 Å². The lowest BCUT2D eigenvalue weighted by Gasteiger charge is -2.30. The summed E-state index contributed by atoms with van der Waals surface area (Å²) in [6, 6.07) is 13.1. The Balaban J connectivity index is 1.63. The van der Waals surface area contributed by atoms with Gasteiger partial charge in [-0.1, -0.05) is 30.3 Å². The van der Waals surface area contributed by atoms with Gasteiger partial charge >= 0.3 is 0 Å². The Hall–Kier alpha value is -2.16. The van der Waals surface area contributed by atoms with Crippen LogP contribution in [-0.4, -0.2) is 45.6 Å². The number of ether oxygens (including phenoxy) is 2. The second kappa shape index (κ2) is 10.2. The highest BCUT2D eigenvalue weighted by Crippen LogP contribution is 2.34. The van der Waals surface area contributed by atoms with E-state index in [0.717, 1.165) is 31.9 Å². The molecule has 1 N–H and O–H groups in total. The summed E-state index contributed by atoms with van der Waals surface area (Å²) in [5, 5.41) is 0. The van der Waals surface area contributed by atoms with Crippen LogP contribution >= 0.6 is 0 Å². The average Bonchev–Trinajstić information content (AvgIpc) is 2.75. The molecule has 1 aromatic heterocycles. The van der Waals surface area contributed by atoms with Gasteiger partial charge in [-0.3, -0.25) is 4.79 Å². The van der Waals surface area contributed by atoms with Crippen molar-refractivity contribution in [1.29, 1.82) is 0 Å². The minimum absolute atomic E-state index is 0.0747. The fourth-order valence-electron chi connectivity index (χ4n) is 3.91. The van der Waals surface area contributed by atoms with Gasteiger partial charge in [0.2, 0.25) is 10.0 Å². The van der Waals surface area contributed by atoms with E-state index in [1.807, 2.05) is 6.07 Å². The van der Waals surface area contributed by atoms with Crippen molar-refractivity contribution in [2.24, 2.45) is 0 Å². The zero-order valence-electron chi connectivity index (χ0n) is 17.5. The minimum atomic E-state index is -3.39. The Morgan fingerprint density at radius 1 is 1.10 bits per heavy atom. The molecule has 1 heterocycles. The molecule has 1 aliphatic rings. The van der Waals surface area contributed by atoms with Crippen molar-refractivity contribution in [3.8, 4) is 5.75 Å². The maximum absolute atomic E-state index is 12.4. The molecule has 0 bridgehead atoms. The molecular formula is C22H30N2O5S. The van der Waals surface area contributed by atoms with E-state index in [-0.39, 0.29) is 24.8 Å². The molecule has 7 nitrogen and oxygen atoms in total. The molecule has 1 saturated carbocycles. The van der Waals surface area contributed by atoms with Gasteiger partial charge in [0.05, 0.1) is 32.1 Å². The van der Waals surface area contributed by atoms with Crippen molar-refractivity contribution in [3.05, 3.63) is 64.6 Å². The third-order valence-electron chi connectivity index (χ3n) is 5.59. The van der Waals surface area contributed by atoms with Crippen LogP contribution in [0.3, 0.4) is 0 Å². The topological polar surface area (TPSA) is 86.6 Å². The van der Waals surface area contributed by atoms with Gasteiger partial charge in [-0.15, -0.1) is 0 Å². The van der Waals surface area contributed by atoms with E-state index in [4.69, 9.17) is 9.47 Å². The number of hydrogen-bond acceptors (Lipinski definition) is 5. The van der Waals surface area contributed by atoms with Gasteiger partial charge in [0, 0.05) is 18.8 Å². The summed E-state index contributed by atoms with van der Waals surface area (Å²) in [4.78, 5) is 12.4. The average molecular weight is 435 g/mol. The van der Waals surface area contributed by atoms with E-state index in [9.17, 15) is 13.2 Å². The molecule has 30 heavy (non-hydrogen) atoms. The van der Waals surface area contributed by atoms with Gasteiger partial charge < -0.3 is 14.0 Å². The fourth-order valence-corrected chi connectivity index (χ4v) is 4.40. The molecule has 8 heteroatoms. The SMILES string of the molecule is COc1ccc(=O)n(C(CNS(C)(=O)=O)CO[C@H]2CC[C@@H](c3ccccc3)CC2)c1. The molecule has 0 spiro atoms. The van der Waals surface area contributed by atoms with Crippen LogP contribution in [0, 0.1) is 0 Å². The second-order valence-electron chi connectivity index (χ2n) is 7.81. The number of nitrogens with one attached hydrogen (secondary N) is 1. The van der Waals surface area contributed by atoms with Crippen LogP contribution in [-0.2, 0) is 14.8 Å². The highest BCUT2D eigenvalue weighted by Gasteiger charge is 2.24. The number of aromatic nitrogens is 1. The molecule has 1 unspecified atom stereocenters. The Morgan fingerprint density at radius 3 is 2.43 bits per heavy atom. The summed E-state index contributed by atoms with van der Waals surface area (Å²) >= 11 is 0. The summed E-state index contributed by atoms with van der Waals surface area (Å²) in [7, 11) is -1.87. The van der Waals surface area contributed by atoms with Crippen LogP contribution < -0.4 is 15.0 Å². The summed E-state index contributed by atoms with van der Waals surface area (Å²) in [6.07, 6.45) is 6.79. The first kappa shape index (κ1) is 22.5. The van der Waals surface area contributed by atoms with Crippen molar-refractivity contribution in [3.63, 3.8) is 0 Å². The highest BCUT2D eigenvalue weighted by molar-refractivity contribution is 7.88. The largest absolute Gasteiger partial charge is 0.495 e. The molecule has 1 fully saturated rings. The zero-order chi connectivity index (χ0) is 21.6. The Bertz CT molecular complexity index is 967. The van der Waals surface area contributed by atoms with Crippen LogP contribution in [0.15, 0.2) is 53.5 Å².